The zero-order chi connectivity index (χ0) is 13.5. The smallest absolute Gasteiger partial charge is 0.312 e. The van der Waals surface area contributed by atoms with Crippen LogP contribution in [0.3, 0.4) is 0 Å². The van der Waals surface area contributed by atoms with Gasteiger partial charge in [0, 0.05) is 19.6 Å². The van der Waals surface area contributed by atoms with Gasteiger partial charge in [-0.2, -0.15) is 0 Å². The number of nitrogens with two attached hydrogens (primary N) is 2. The molecule has 0 saturated carbocycles. The third-order valence-corrected chi connectivity index (χ3v) is 3.13. The highest BCUT2D eigenvalue weighted by Crippen LogP contribution is 2.16. The van der Waals surface area contributed by atoms with Crippen LogP contribution in [-0.4, -0.2) is 42.5 Å². The topological polar surface area (TPSA) is 101 Å². The first kappa shape index (κ1) is 14.5. The second kappa shape index (κ2) is 7.00. The second-order valence-corrected chi connectivity index (χ2v) is 4.67. The van der Waals surface area contributed by atoms with E-state index in [1.165, 1.54) is 0 Å². The van der Waals surface area contributed by atoms with Crippen molar-refractivity contribution in [1.82, 2.24) is 10.2 Å². The van der Waals surface area contributed by atoms with Crippen LogP contribution in [0.25, 0.3) is 0 Å². The van der Waals surface area contributed by atoms with E-state index in [9.17, 15) is 9.59 Å². The van der Waals surface area contributed by atoms with E-state index in [-0.39, 0.29) is 11.8 Å². The minimum Gasteiger partial charge on any atom is -0.352 e. The van der Waals surface area contributed by atoms with Crippen LogP contribution in [0.1, 0.15) is 19.3 Å². The summed E-state index contributed by atoms with van der Waals surface area (Å²) in [5.41, 5.74) is 10.8. The Bertz CT molecular complexity index is 319. The van der Waals surface area contributed by atoms with Crippen molar-refractivity contribution in [2.24, 2.45) is 17.4 Å². The minimum atomic E-state index is -0.526. The molecular formula is C12H22N4O2. The zero-order valence-electron chi connectivity index (χ0n) is 10.6. The summed E-state index contributed by atoms with van der Waals surface area (Å²) in [4.78, 5) is 24.4. The maximum Gasteiger partial charge on any atom is 0.312 e. The molecule has 2 unspecified atom stereocenters. The first-order valence-corrected chi connectivity index (χ1v) is 6.23. The Kier molecular flexibility index (Phi) is 5.64. The van der Waals surface area contributed by atoms with Crippen LogP contribution in [0.2, 0.25) is 0 Å². The lowest BCUT2D eigenvalue weighted by Crippen LogP contribution is -2.49. The maximum atomic E-state index is 12.0. The number of piperidine rings is 1. The van der Waals surface area contributed by atoms with E-state index in [0.29, 0.717) is 19.5 Å². The molecule has 0 bridgehead atoms. The largest absolute Gasteiger partial charge is 0.352 e. The van der Waals surface area contributed by atoms with Crippen LogP contribution in [0, 0.1) is 5.92 Å². The molecule has 0 aliphatic carbocycles. The monoisotopic (exact) mass is 254 g/mol. The first-order valence-electron chi connectivity index (χ1n) is 6.23. The lowest BCUT2D eigenvalue weighted by molar-refractivity contribution is -0.134. The molecule has 3 amide bonds. The summed E-state index contributed by atoms with van der Waals surface area (Å²) < 4.78 is 0. The number of carbonyl (C=O) groups excluding carboxylic acids is 2. The van der Waals surface area contributed by atoms with Crippen molar-refractivity contribution >= 4 is 11.9 Å². The van der Waals surface area contributed by atoms with Gasteiger partial charge in [0.05, 0.1) is 6.04 Å². The number of amides is 3. The fraction of sp³-hybridized carbons (Fsp3) is 0.667. The molecule has 0 radical (unpaired) electrons. The molecule has 2 atom stereocenters. The molecule has 102 valence electrons. The third-order valence-electron chi connectivity index (χ3n) is 3.13. The Morgan fingerprint density at radius 3 is 2.89 bits per heavy atom. The second-order valence-electron chi connectivity index (χ2n) is 4.67. The van der Waals surface area contributed by atoms with Gasteiger partial charge in [0.2, 0.25) is 5.91 Å². The fourth-order valence-electron chi connectivity index (χ4n) is 2.19. The molecule has 6 heteroatoms. The van der Waals surface area contributed by atoms with E-state index in [4.69, 9.17) is 11.5 Å². The lowest BCUT2D eigenvalue weighted by Gasteiger charge is -2.34. The molecule has 0 aromatic rings. The predicted molar refractivity (Wildman–Crippen MR) is 69.7 cm³/mol. The average Bonchev–Trinajstić information content (AvgIpc) is 2.36. The number of hydrogen-bond donors (Lipinski definition) is 3. The van der Waals surface area contributed by atoms with Gasteiger partial charge < -0.3 is 21.7 Å². The van der Waals surface area contributed by atoms with Gasteiger partial charge in [0.25, 0.3) is 0 Å². The Hall–Kier alpha value is -1.56. The number of carbonyl (C=O) groups is 2. The van der Waals surface area contributed by atoms with Gasteiger partial charge >= 0.3 is 6.03 Å². The van der Waals surface area contributed by atoms with E-state index in [0.717, 1.165) is 19.4 Å². The average molecular weight is 254 g/mol. The van der Waals surface area contributed by atoms with Crippen molar-refractivity contribution < 1.29 is 9.59 Å². The van der Waals surface area contributed by atoms with Gasteiger partial charge in [-0.1, -0.05) is 6.08 Å². The Morgan fingerprint density at radius 2 is 2.28 bits per heavy atom. The van der Waals surface area contributed by atoms with E-state index in [1.807, 2.05) is 0 Å². The number of hydrogen-bond acceptors (Lipinski definition) is 3. The minimum absolute atomic E-state index is 0.0429. The summed E-state index contributed by atoms with van der Waals surface area (Å²) in [7, 11) is 0. The fourth-order valence-corrected chi connectivity index (χ4v) is 2.19. The molecule has 1 fully saturated rings. The molecule has 1 aliphatic rings. The van der Waals surface area contributed by atoms with Gasteiger partial charge in [-0.3, -0.25) is 4.79 Å². The summed E-state index contributed by atoms with van der Waals surface area (Å²) >= 11 is 0. The van der Waals surface area contributed by atoms with E-state index >= 15 is 0 Å². The lowest BCUT2D eigenvalue weighted by atomic mass is 9.97. The highest BCUT2D eigenvalue weighted by atomic mass is 16.2. The molecule has 0 aromatic carbocycles. The molecule has 6 nitrogen and oxygen atoms in total. The van der Waals surface area contributed by atoms with Crippen LogP contribution in [0.4, 0.5) is 4.79 Å². The van der Waals surface area contributed by atoms with E-state index < -0.39 is 12.1 Å². The molecule has 5 N–H and O–H groups in total. The molecule has 1 heterocycles. The Labute approximate surface area is 107 Å². The summed E-state index contributed by atoms with van der Waals surface area (Å²) in [5.74, 6) is 0.213. The van der Waals surface area contributed by atoms with Gasteiger partial charge in [0.1, 0.15) is 0 Å². The van der Waals surface area contributed by atoms with Crippen molar-refractivity contribution in [3.63, 3.8) is 0 Å². The summed E-state index contributed by atoms with van der Waals surface area (Å²) in [6.07, 6.45) is 4.05. The van der Waals surface area contributed by atoms with Crippen LogP contribution in [0.5, 0.6) is 0 Å². The molecule has 1 saturated heterocycles. The summed E-state index contributed by atoms with van der Waals surface area (Å²) in [6.45, 7) is 5.45. The molecule has 0 aromatic heterocycles. The quantitative estimate of drug-likeness (QED) is 0.592. The molecule has 1 aliphatic heterocycles. The maximum absolute atomic E-state index is 12.0. The van der Waals surface area contributed by atoms with Crippen molar-refractivity contribution in [3.05, 3.63) is 12.7 Å². The van der Waals surface area contributed by atoms with Gasteiger partial charge in [-0.25, -0.2) is 4.79 Å². The van der Waals surface area contributed by atoms with Crippen molar-refractivity contribution in [3.8, 4) is 0 Å². The Morgan fingerprint density at radius 1 is 1.56 bits per heavy atom. The van der Waals surface area contributed by atoms with E-state index in [1.54, 1.807) is 11.0 Å². The van der Waals surface area contributed by atoms with E-state index in [2.05, 4.69) is 11.9 Å². The van der Waals surface area contributed by atoms with Crippen molar-refractivity contribution in [2.75, 3.05) is 19.6 Å². The number of rotatable bonds is 5. The molecular weight excluding hydrogens is 232 g/mol. The normalized spacial score (nSPS) is 21.2. The van der Waals surface area contributed by atoms with Crippen LogP contribution >= 0.6 is 0 Å². The number of nitrogens with one attached hydrogen (secondary N) is 1. The summed E-state index contributed by atoms with van der Waals surface area (Å²) in [5, 5.41) is 2.58. The molecule has 18 heavy (non-hydrogen) atoms. The van der Waals surface area contributed by atoms with Crippen molar-refractivity contribution in [2.45, 2.75) is 25.3 Å². The number of urea groups is 1. The SMILES string of the molecule is C=CCC(N)C(=O)N1CCCC(CNC(N)=O)C1. The standard InChI is InChI=1S/C12H22N4O2/c1-2-4-10(13)11(17)16-6-3-5-9(8-16)7-15-12(14)18/h2,9-10H,1,3-8,13H2,(H3,14,15,18). The molecule has 1 rings (SSSR count). The van der Waals surface area contributed by atoms with Gasteiger partial charge in [-0.15, -0.1) is 6.58 Å². The van der Waals surface area contributed by atoms with Crippen molar-refractivity contribution in [1.29, 1.82) is 0 Å². The number of nitrogens with zero attached hydrogens (tertiary/aromatic N) is 1. The Balaban J connectivity index is 2.44. The third kappa shape index (κ3) is 4.37. The zero-order valence-corrected chi connectivity index (χ0v) is 10.6. The van der Waals surface area contributed by atoms with Crippen LogP contribution in [-0.2, 0) is 4.79 Å². The predicted octanol–water partition coefficient (Wildman–Crippen LogP) is -0.203. The molecule has 0 spiro atoms. The first-order chi connectivity index (χ1) is 8.54. The highest BCUT2D eigenvalue weighted by molar-refractivity contribution is 5.82. The number of primary amides is 1. The highest BCUT2D eigenvalue weighted by Gasteiger charge is 2.26. The van der Waals surface area contributed by atoms with Crippen LogP contribution < -0.4 is 16.8 Å². The van der Waals surface area contributed by atoms with Gasteiger partial charge in [-0.05, 0) is 25.2 Å². The number of likely N-dealkylation sites (tertiary alicyclic amines) is 1. The van der Waals surface area contributed by atoms with Crippen LogP contribution in [0.15, 0.2) is 12.7 Å². The van der Waals surface area contributed by atoms with Gasteiger partial charge in [0.15, 0.2) is 0 Å². The summed E-state index contributed by atoms with van der Waals surface area (Å²) in [6, 6.07) is -1.04.